The number of ether oxygens (including phenoxy) is 1. The van der Waals surface area contributed by atoms with Crippen LogP contribution in [0.4, 0.5) is 0 Å². The molecule has 3 rings (SSSR count). The van der Waals surface area contributed by atoms with Gasteiger partial charge in [-0.1, -0.05) is 29.8 Å². The van der Waals surface area contributed by atoms with Gasteiger partial charge in [0.1, 0.15) is 5.75 Å². The van der Waals surface area contributed by atoms with Crippen molar-refractivity contribution in [3.05, 3.63) is 63.7 Å². The fraction of sp³-hybridized carbons (Fsp3) is 0.250. The van der Waals surface area contributed by atoms with Gasteiger partial charge in [-0.3, -0.25) is 0 Å². The van der Waals surface area contributed by atoms with Gasteiger partial charge < -0.3 is 4.74 Å². The summed E-state index contributed by atoms with van der Waals surface area (Å²) in [4.78, 5) is 0. The molecule has 1 aliphatic heterocycles. The maximum Gasteiger partial charge on any atom is 0.122 e. The van der Waals surface area contributed by atoms with Crippen molar-refractivity contribution in [2.75, 3.05) is 6.61 Å². The molecule has 0 amide bonds. The summed E-state index contributed by atoms with van der Waals surface area (Å²) in [5, 5.41) is 0.542. The van der Waals surface area contributed by atoms with Crippen molar-refractivity contribution in [1.29, 1.82) is 0 Å². The first kappa shape index (κ1) is 12.8. The minimum absolute atomic E-state index is 0.176. The smallest absolute Gasteiger partial charge is 0.122 e. The SMILES string of the molecule is Cc1ccc(Cl)cc1C(Cl)c1ccc2c(c1)CCO2. The zero-order chi connectivity index (χ0) is 13.4. The quantitative estimate of drug-likeness (QED) is 0.715. The van der Waals surface area contributed by atoms with E-state index in [-0.39, 0.29) is 5.38 Å². The molecule has 0 fully saturated rings. The van der Waals surface area contributed by atoms with Crippen molar-refractivity contribution in [1.82, 2.24) is 0 Å². The summed E-state index contributed by atoms with van der Waals surface area (Å²) in [7, 11) is 0. The van der Waals surface area contributed by atoms with Gasteiger partial charge in [-0.15, -0.1) is 11.6 Å². The van der Waals surface area contributed by atoms with Crippen molar-refractivity contribution in [3.8, 4) is 5.75 Å². The number of alkyl halides is 1. The number of benzene rings is 2. The topological polar surface area (TPSA) is 9.23 Å². The van der Waals surface area contributed by atoms with Crippen molar-refractivity contribution >= 4 is 23.2 Å². The molecule has 1 nitrogen and oxygen atoms in total. The number of hydrogen-bond acceptors (Lipinski definition) is 1. The lowest BCUT2D eigenvalue weighted by molar-refractivity contribution is 0.357. The minimum Gasteiger partial charge on any atom is -0.493 e. The van der Waals surface area contributed by atoms with Crippen molar-refractivity contribution in [2.24, 2.45) is 0 Å². The molecule has 0 spiro atoms. The number of rotatable bonds is 2. The van der Waals surface area contributed by atoms with Gasteiger partial charge in [0.15, 0.2) is 0 Å². The molecule has 0 aliphatic carbocycles. The van der Waals surface area contributed by atoms with Crippen LogP contribution in [0.15, 0.2) is 36.4 Å². The molecule has 2 aromatic rings. The first-order valence-corrected chi connectivity index (χ1v) is 7.12. The molecular formula is C16H14Cl2O. The van der Waals surface area contributed by atoms with Crippen LogP contribution < -0.4 is 4.74 Å². The molecule has 98 valence electrons. The summed E-state index contributed by atoms with van der Waals surface area (Å²) in [5.41, 5.74) is 4.55. The molecule has 0 N–H and O–H groups in total. The third-order valence-electron chi connectivity index (χ3n) is 3.52. The van der Waals surface area contributed by atoms with Gasteiger partial charge in [0.05, 0.1) is 12.0 Å². The Morgan fingerprint density at radius 3 is 2.84 bits per heavy atom. The third-order valence-corrected chi connectivity index (χ3v) is 4.24. The molecule has 1 heterocycles. The van der Waals surface area contributed by atoms with E-state index in [0.717, 1.165) is 40.5 Å². The van der Waals surface area contributed by atoms with Crippen LogP contribution in [0.25, 0.3) is 0 Å². The molecule has 0 saturated carbocycles. The predicted molar refractivity (Wildman–Crippen MR) is 79.5 cm³/mol. The summed E-state index contributed by atoms with van der Waals surface area (Å²) >= 11 is 12.7. The Kier molecular flexibility index (Phi) is 3.42. The van der Waals surface area contributed by atoms with Gasteiger partial charge in [0.25, 0.3) is 0 Å². The van der Waals surface area contributed by atoms with Crippen LogP contribution in [0.1, 0.15) is 27.6 Å². The monoisotopic (exact) mass is 292 g/mol. The molecule has 3 heteroatoms. The average Bonchev–Trinajstić information content (AvgIpc) is 2.88. The van der Waals surface area contributed by atoms with E-state index in [1.165, 1.54) is 5.56 Å². The number of fused-ring (bicyclic) bond motifs is 1. The van der Waals surface area contributed by atoms with E-state index in [9.17, 15) is 0 Å². The van der Waals surface area contributed by atoms with E-state index in [1.54, 1.807) is 0 Å². The number of halogens is 2. The Bertz CT molecular complexity index is 622. The van der Waals surface area contributed by atoms with Gasteiger partial charge in [0, 0.05) is 11.4 Å². The molecule has 1 atom stereocenters. The average molecular weight is 293 g/mol. The van der Waals surface area contributed by atoms with Crippen LogP contribution in [0.5, 0.6) is 5.75 Å². The number of hydrogen-bond donors (Lipinski definition) is 0. The lowest BCUT2D eigenvalue weighted by Crippen LogP contribution is -1.97. The molecule has 1 unspecified atom stereocenters. The Hall–Kier alpha value is -1.18. The van der Waals surface area contributed by atoms with Crippen LogP contribution in [0.3, 0.4) is 0 Å². The normalized spacial score (nSPS) is 14.9. The molecule has 0 bridgehead atoms. The summed E-state index contributed by atoms with van der Waals surface area (Å²) in [5.74, 6) is 0.982. The van der Waals surface area contributed by atoms with Gasteiger partial charge in [-0.25, -0.2) is 0 Å². The Morgan fingerprint density at radius 2 is 2.00 bits per heavy atom. The first-order valence-electron chi connectivity index (χ1n) is 6.31. The zero-order valence-corrected chi connectivity index (χ0v) is 12.1. The molecule has 0 aromatic heterocycles. The summed E-state index contributed by atoms with van der Waals surface area (Å²) < 4.78 is 5.52. The fourth-order valence-corrected chi connectivity index (χ4v) is 2.98. The predicted octanol–water partition coefficient (Wildman–Crippen LogP) is 4.91. The first-order chi connectivity index (χ1) is 9.15. The van der Waals surface area contributed by atoms with Gasteiger partial charge in [-0.05, 0) is 47.4 Å². The fourth-order valence-electron chi connectivity index (χ4n) is 2.43. The summed E-state index contributed by atoms with van der Waals surface area (Å²) in [6.07, 6.45) is 0.960. The molecule has 0 radical (unpaired) electrons. The second-order valence-electron chi connectivity index (χ2n) is 4.83. The Balaban J connectivity index is 1.99. The molecule has 2 aromatic carbocycles. The zero-order valence-electron chi connectivity index (χ0n) is 10.6. The Morgan fingerprint density at radius 1 is 1.16 bits per heavy atom. The maximum atomic E-state index is 6.61. The van der Waals surface area contributed by atoms with Crippen LogP contribution in [0, 0.1) is 6.92 Å². The van der Waals surface area contributed by atoms with E-state index in [2.05, 4.69) is 13.0 Å². The highest BCUT2D eigenvalue weighted by atomic mass is 35.5. The van der Waals surface area contributed by atoms with E-state index in [0.29, 0.717) is 0 Å². The second-order valence-corrected chi connectivity index (χ2v) is 5.70. The van der Waals surface area contributed by atoms with Crippen LogP contribution in [-0.4, -0.2) is 6.61 Å². The summed E-state index contributed by atoms with van der Waals surface area (Å²) in [6.45, 7) is 2.82. The molecule has 19 heavy (non-hydrogen) atoms. The Labute approximate surface area is 123 Å². The minimum atomic E-state index is -0.176. The highest BCUT2D eigenvalue weighted by Gasteiger charge is 2.18. The third kappa shape index (κ3) is 2.45. The highest BCUT2D eigenvalue weighted by Crippen LogP contribution is 2.36. The second kappa shape index (κ2) is 5.07. The standard InChI is InChI=1S/C16H14Cl2O/c1-10-2-4-13(17)9-14(10)16(18)12-3-5-15-11(8-12)6-7-19-15/h2-5,8-9,16H,6-7H2,1H3. The van der Waals surface area contributed by atoms with E-state index < -0.39 is 0 Å². The van der Waals surface area contributed by atoms with Gasteiger partial charge in [-0.2, -0.15) is 0 Å². The van der Waals surface area contributed by atoms with E-state index >= 15 is 0 Å². The molecular weight excluding hydrogens is 279 g/mol. The van der Waals surface area contributed by atoms with E-state index in [4.69, 9.17) is 27.9 Å². The molecule has 1 aliphatic rings. The summed E-state index contributed by atoms with van der Waals surface area (Å²) in [6, 6.07) is 12.0. The largest absolute Gasteiger partial charge is 0.493 e. The van der Waals surface area contributed by atoms with Crippen molar-refractivity contribution in [2.45, 2.75) is 18.7 Å². The van der Waals surface area contributed by atoms with Gasteiger partial charge in [0.2, 0.25) is 0 Å². The van der Waals surface area contributed by atoms with Gasteiger partial charge >= 0.3 is 0 Å². The van der Waals surface area contributed by atoms with Crippen molar-refractivity contribution in [3.63, 3.8) is 0 Å². The molecule has 0 saturated heterocycles. The van der Waals surface area contributed by atoms with Crippen LogP contribution in [0.2, 0.25) is 5.02 Å². The van der Waals surface area contributed by atoms with Crippen molar-refractivity contribution < 1.29 is 4.74 Å². The number of aryl methyl sites for hydroxylation is 1. The highest BCUT2D eigenvalue weighted by molar-refractivity contribution is 6.31. The van der Waals surface area contributed by atoms with Crippen LogP contribution >= 0.6 is 23.2 Å². The lowest BCUT2D eigenvalue weighted by Gasteiger charge is -2.14. The maximum absolute atomic E-state index is 6.61. The van der Waals surface area contributed by atoms with Crippen LogP contribution in [-0.2, 0) is 6.42 Å². The lowest BCUT2D eigenvalue weighted by atomic mass is 9.98. The van der Waals surface area contributed by atoms with E-state index in [1.807, 2.05) is 30.3 Å².